The summed E-state index contributed by atoms with van der Waals surface area (Å²) in [7, 11) is 1.99. The Kier molecular flexibility index (Phi) is 4.65. The fourth-order valence-electron chi connectivity index (χ4n) is 2.17. The van der Waals surface area contributed by atoms with E-state index in [1.807, 2.05) is 32.1 Å². The van der Waals surface area contributed by atoms with Crippen molar-refractivity contribution in [3.05, 3.63) is 59.2 Å². The molecule has 0 aromatic heterocycles. The number of aliphatic hydroxyl groups excluding tert-OH is 1. The van der Waals surface area contributed by atoms with E-state index in [2.05, 4.69) is 0 Å². The highest BCUT2D eigenvalue weighted by Gasteiger charge is 2.12. The second-order valence-corrected chi connectivity index (χ2v) is 5.12. The van der Waals surface area contributed by atoms with Gasteiger partial charge in [-0.25, -0.2) is 4.79 Å². The Morgan fingerprint density at radius 2 is 1.81 bits per heavy atom. The van der Waals surface area contributed by atoms with Crippen molar-refractivity contribution >= 4 is 19.3 Å². The Bertz CT molecular complexity index is 637. The average molecular weight is 284 g/mol. The van der Waals surface area contributed by atoms with Gasteiger partial charge in [-0.05, 0) is 36.1 Å². The molecule has 2 aromatic carbocycles. The first-order chi connectivity index (χ1) is 9.97. The lowest BCUT2D eigenvalue weighted by molar-refractivity contribution is 0.0693. The van der Waals surface area contributed by atoms with Crippen LogP contribution in [0.1, 0.15) is 34.0 Å². The molecule has 4 nitrogen and oxygen atoms in total. The second kappa shape index (κ2) is 6.46. The Morgan fingerprint density at radius 1 is 1.14 bits per heavy atom. The molecular weight excluding hydrogens is 267 g/mol. The van der Waals surface area contributed by atoms with Gasteiger partial charge in [-0.3, -0.25) is 0 Å². The largest absolute Gasteiger partial charge is 0.507 e. The number of hydrogen-bond donors (Lipinski definition) is 3. The summed E-state index contributed by atoms with van der Waals surface area (Å²) in [5.41, 5.74) is 2.64. The van der Waals surface area contributed by atoms with Crippen LogP contribution in [0, 0.1) is 0 Å². The first kappa shape index (κ1) is 15.1. The zero-order valence-corrected chi connectivity index (χ0v) is 11.8. The fourth-order valence-corrected chi connectivity index (χ4v) is 2.17. The van der Waals surface area contributed by atoms with E-state index >= 15 is 0 Å². The number of rotatable bonds is 5. The Hall–Kier alpha value is -2.27. The lowest BCUT2D eigenvalue weighted by atomic mass is 9.93. The number of carboxylic acids is 1. The molecule has 0 aliphatic carbocycles. The van der Waals surface area contributed by atoms with Crippen LogP contribution in [0.15, 0.2) is 42.5 Å². The number of aromatic carboxylic acids is 1. The molecule has 1 atom stereocenters. The molecule has 0 bridgehead atoms. The minimum absolute atomic E-state index is 0.114. The third kappa shape index (κ3) is 3.86. The van der Waals surface area contributed by atoms with Crippen LogP contribution >= 0.6 is 0 Å². The molecule has 0 radical (unpaired) electrons. The summed E-state index contributed by atoms with van der Waals surface area (Å²) >= 11 is 0. The molecule has 0 unspecified atom stereocenters. The minimum Gasteiger partial charge on any atom is -0.507 e. The van der Waals surface area contributed by atoms with Crippen LogP contribution in [0.2, 0.25) is 0 Å². The molecule has 0 saturated heterocycles. The van der Waals surface area contributed by atoms with E-state index in [9.17, 15) is 15.0 Å². The first-order valence-corrected chi connectivity index (χ1v) is 6.77. The molecule has 3 N–H and O–H groups in total. The van der Waals surface area contributed by atoms with Crippen molar-refractivity contribution in [1.82, 2.24) is 0 Å². The van der Waals surface area contributed by atoms with E-state index in [4.69, 9.17) is 5.11 Å². The van der Waals surface area contributed by atoms with Gasteiger partial charge in [-0.15, -0.1) is 0 Å². The zero-order chi connectivity index (χ0) is 15.4. The van der Waals surface area contributed by atoms with Gasteiger partial charge in [0, 0.05) is 0 Å². The highest BCUT2D eigenvalue weighted by Crippen LogP contribution is 2.22. The molecular formula is C16H17BO4. The number of aryl methyl sites for hydroxylation is 1. The number of aliphatic hydroxyl groups is 1. The summed E-state index contributed by atoms with van der Waals surface area (Å²) in [5.74, 6) is -1.40. The molecule has 0 fully saturated rings. The number of phenols is 1. The molecule has 108 valence electrons. The molecule has 0 heterocycles. The van der Waals surface area contributed by atoms with Gasteiger partial charge in [0.25, 0.3) is 0 Å². The average Bonchev–Trinajstić information content (AvgIpc) is 2.46. The molecule has 0 aliphatic heterocycles. The topological polar surface area (TPSA) is 77.8 Å². The van der Waals surface area contributed by atoms with Crippen molar-refractivity contribution in [2.24, 2.45) is 0 Å². The van der Waals surface area contributed by atoms with Gasteiger partial charge in [0.1, 0.15) is 19.2 Å². The van der Waals surface area contributed by atoms with Gasteiger partial charge >= 0.3 is 5.97 Å². The van der Waals surface area contributed by atoms with E-state index < -0.39 is 12.1 Å². The van der Waals surface area contributed by atoms with E-state index in [1.165, 1.54) is 12.1 Å². The monoisotopic (exact) mass is 284 g/mol. The van der Waals surface area contributed by atoms with Crippen molar-refractivity contribution in [2.45, 2.75) is 18.9 Å². The molecule has 5 heteroatoms. The van der Waals surface area contributed by atoms with Crippen LogP contribution < -0.4 is 5.46 Å². The van der Waals surface area contributed by atoms with Crippen molar-refractivity contribution in [1.29, 1.82) is 0 Å². The molecule has 0 aliphatic rings. The van der Waals surface area contributed by atoms with Crippen molar-refractivity contribution in [3.63, 3.8) is 0 Å². The lowest BCUT2D eigenvalue weighted by Crippen LogP contribution is -2.05. The normalized spacial score (nSPS) is 12.0. The van der Waals surface area contributed by atoms with Crippen molar-refractivity contribution in [2.75, 3.05) is 0 Å². The maximum absolute atomic E-state index is 11.0. The van der Waals surface area contributed by atoms with Gasteiger partial charge < -0.3 is 15.3 Å². The molecule has 0 amide bonds. The van der Waals surface area contributed by atoms with E-state index in [-0.39, 0.29) is 11.3 Å². The maximum Gasteiger partial charge on any atom is 0.339 e. The summed E-state index contributed by atoms with van der Waals surface area (Å²) in [6.07, 6.45) is 0.440. The number of benzene rings is 2. The molecule has 2 aromatic rings. The summed E-state index contributed by atoms with van der Waals surface area (Å²) < 4.78 is 0. The summed E-state index contributed by atoms with van der Waals surface area (Å²) in [4.78, 5) is 11.0. The van der Waals surface area contributed by atoms with Crippen LogP contribution in [0.5, 0.6) is 5.75 Å². The van der Waals surface area contributed by atoms with E-state index in [0.29, 0.717) is 12.8 Å². The van der Waals surface area contributed by atoms with Crippen molar-refractivity contribution < 1.29 is 20.1 Å². The highest BCUT2D eigenvalue weighted by atomic mass is 16.4. The predicted octanol–water partition coefficient (Wildman–Crippen LogP) is 1.01. The van der Waals surface area contributed by atoms with Crippen LogP contribution in [0.25, 0.3) is 0 Å². The first-order valence-electron chi connectivity index (χ1n) is 6.77. The SMILES string of the molecule is Bc1ccc([C@H](O)CCc2ccc(O)c(C(=O)O)c2)cc1. The summed E-state index contributed by atoms with van der Waals surface area (Å²) in [6.45, 7) is 0. The number of hydrogen-bond acceptors (Lipinski definition) is 3. The van der Waals surface area contributed by atoms with Crippen LogP contribution in [0.3, 0.4) is 0 Å². The van der Waals surface area contributed by atoms with E-state index in [0.717, 1.165) is 16.6 Å². The molecule has 0 saturated carbocycles. The number of carboxylic acid groups (broad SMARTS) is 1. The van der Waals surface area contributed by atoms with Gasteiger partial charge in [0.2, 0.25) is 0 Å². The van der Waals surface area contributed by atoms with Gasteiger partial charge in [-0.2, -0.15) is 0 Å². The zero-order valence-electron chi connectivity index (χ0n) is 11.8. The molecule has 2 rings (SSSR count). The maximum atomic E-state index is 11.0. The quantitative estimate of drug-likeness (QED) is 0.716. The van der Waals surface area contributed by atoms with Crippen molar-refractivity contribution in [3.8, 4) is 5.75 Å². The molecule has 0 spiro atoms. The van der Waals surface area contributed by atoms with Crippen LogP contribution in [-0.4, -0.2) is 29.1 Å². The molecule has 21 heavy (non-hydrogen) atoms. The van der Waals surface area contributed by atoms with E-state index in [1.54, 1.807) is 6.07 Å². The van der Waals surface area contributed by atoms with Crippen LogP contribution in [0.4, 0.5) is 0 Å². The second-order valence-electron chi connectivity index (χ2n) is 5.12. The standard InChI is InChI=1S/C16H17BO4/c17-12-5-3-11(4-6-12)14(18)7-1-10-2-8-15(19)13(9-10)16(20)21/h2-6,8-9,14,18-19H,1,7,17H2,(H,20,21)/t14-/m1/s1. The minimum atomic E-state index is -1.16. The lowest BCUT2D eigenvalue weighted by Gasteiger charge is -2.12. The number of carbonyl (C=O) groups is 1. The highest BCUT2D eigenvalue weighted by molar-refractivity contribution is 6.32. The van der Waals surface area contributed by atoms with Gasteiger partial charge in [-0.1, -0.05) is 35.8 Å². The Balaban J connectivity index is 2.04. The predicted molar refractivity (Wildman–Crippen MR) is 83.0 cm³/mol. The van der Waals surface area contributed by atoms with Gasteiger partial charge in [0.05, 0.1) is 6.10 Å². The Morgan fingerprint density at radius 3 is 2.43 bits per heavy atom. The fraction of sp³-hybridized carbons (Fsp3) is 0.188. The smallest absolute Gasteiger partial charge is 0.339 e. The van der Waals surface area contributed by atoms with Crippen LogP contribution in [-0.2, 0) is 6.42 Å². The third-order valence-electron chi connectivity index (χ3n) is 3.46. The number of aromatic hydroxyl groups is 1. The summed E-state index contributed by atoms with van der Waals surface area (Å²) in [6, 6.07) is 12.2. The Labute approximate surface area is 124 Å². The third-order valence-corrected chi connectivity index (χ3v) is 3.46. The van der Waals surface area contributed by atoms with Gasteiger partial charge in [0.15, 0.2) is 0 Å². The summed E-state index contributed by atoms with van der Waals surface area (Å²) in [5, 5.41) is 28.6.